The molecule has 2 aromatic heterocycles. The number of pyridine rings is 1. The van der Waals surface area contributed by atoms with E-state index in [2.05, 4.69) is 15.5 Å². The first-order chi connectivity index (χ1) is 9.82. The van der Waals surface area contributed by atoms with Crippen molar-refractivity contribution in [2.24, 2.45) is 5.92 Å². The van der Waals surface area contributed by atoms with Crippen LogP contribution < -0.4 is 5.32 Å². The second-order valence-electron chi connectivity index (χ2n) is 4.79. The number of hydrogen-bond acceptors (Lipinski definition) is 3. The van der Waals surface area contributed by atoms with Crippen molar-refractivity contribution in [1.29, 1.82) is 0 Å². The Bertz CT molecular complexity index is 650. The van der Waals surface area contributed by atoms with E-state index in [9.17, 15) is 18.0 Å². The van der Waals surface area contributed by atoms with Crippen molar-refractivity contribution in [2.75, 3.05) is 0 Å². The van der Waals surface area contributed by atoms with E-state index in [0.717, 1.165) is 12.3 Å². The highest BCUT2D eigenvalue weighted by atomic mass is 19.4. The molecular weight excluding hydrogens is 285 g/mol. The zero-order chi connectivity index (χ0) is 15.6. The summed E-state index contributed by atoms with van der Waals surface area (Å²) in [5.41, 5.74) is -0.486. The number of hydrogen-bond donors (Lipinski definition) is 1. The zero-order valence-corrected chi connectivity index (χ0v) is 11.6. The molecule has 0 unspecified atom stereocenters. The number of halogens is 3. The Morgan fingerprint density at radius 1 is 1.38 bits per heavy atom. The minimum Gasteiger partial charge on any atom is -0.349 e. The maximum atomic E-state index is 12.7. The average Bonchev–Trinajstić information content (AvgIpc) is 2.85. The molecule has 0 saturated heterocycles. The molecule has 0 aromatic carbocycles. The number of amides is 1. The van der Waals surface area contributed by atoms with Crippen molar-refractivity contribution in [3.05, 3.63) is 29.7 Å². The van der Waals surface area contributed by atoms with Gasteiger partial charge in [-0.25, -0.2) is 0 Å². The lowest BCUT2D eigenvalue weighted by molar-refractivity contribution is -0.137. The van der Waals surface area contributed by atoms with Gasteiger partial charge < -0.3 is 5.32 Å². The minimum absolute atomic E-state index is 0.0334. The number of nitrogens with one attached hydrogen (secondary N) is 1. The Labute approximate surface area is 119 Å². The number of carbonyl (C=O) groups is 1. The fourth-order valence-electron chi connectivity index (χ4n) is 1.75. The van der Waals surface area contributed by atoms with Crippen LogP contribution in [0.4, 0.5) is 13.2 Å². The van der Waals surface area contributed by atoms with Crippen LogP contribution in [0.15, 0.2) is 18.3 Å². The Kier molecular flexibility index (Phi) is 4.15. The Balaban J connectivity index is 2.22. The van der Waals surface area contributed by atoms with Crippen molar-refractivity contribution in [3.63, 3.8) is 0 Å². The predicted octanol–water partition coefficient (Wildman–Crippen LogP) is 2.41. The first-order valence-corrected chi connectivity index (χ1v) is 6.51. The van der Waals surface area contributed by atoms with Gasteiger partial charge >= 0.3 is 6.18 Å². The molecule has 1 amide bonds. The minimum atomic E-state index is -4.43. The number of aromatic nitrogens is 3. The molecule has 0 spiro atoms. The smallest absolute Gasteiger partial charge is 0.349 e. The lowest BCUT2D eigenvalue weighted by Gasteiger charge is -2.10. The van der Waals surface area contributed by atoms with E-state index in [1.54, 1.807) is 6.92 Å². The number of nitrogens with zero attached hydrogens (tertiary/aromatic N) is 3. The molecule has 2 rings (SSSR count). The highest BCUT2D eigenvalue weighted by Gasteiger charge is 2.31. The third kappa shape index (κ3) is 3.32. The Morgan fingerprint density at radius 2 is 2.10 bits per heavy atom. The van der Waals surface area contributed by atoms with Crippen molar-refractivity contribution in [2.45, 2.75) is 33.0 Å². The van der Waals surface area contributed by atoms with Crippen LogP contribution in [0.25, 0.3) is 5.65 Å². The summed E-state index contributed by atoms with van der Waals surface area (Å²) >= 11 is 0. The number of fused-ring (bicyclic) bond motifs is 1. The summed E-state index contributed by atoms with van der Waals surface area (Å²) in [6.45, 7) is 3.69. The van der Waals surface area contributed by atoms with Gasteiger partial charge in [0.15, 0.2) is 11.5 Å². The third-order valence-corrected chi connectivity index (χ3v) is 3.28. The summed E-state index contributed by atoms with van der Waals surface area (Å²) < 4.78 is 39.3. The molecule has 114 valence electrons. The summed E-state index contributed by atoms with van der Waals surface area (Å²) in [4.78, 5) is 11.7. The molecule has 1 N–H and O–H groups in total. The first kappa shape index (κ1) is 15.3. The monoisotopic (exact) mass is 300 g/mol. The highest BCUT2D eigenvalue weighted by molar-refractivity contribution is 5.78. The first-order valence-electron chi connectivity index (χ1n) is 6.51. The van der Waals surface area contributed by atoms with Crippen molar-refractivity contribution < 1.29 is 18.0 Å². The van der Waals surface area contributed by atoms with Crippen LogP contribution in [0.5, 0.6) is 0 Å². The second kappa shape index (κ2) is 5.71. The van der Waals surface area contributed by atoms with Crippen molar-refractivity contribution >= 4 is 11.6 Å². The van der Waals surface area contributed by atoms with E-state index in [1.165, 1.54) is 10.5 Å². The molecular formula is C13H15F3N4O. The normalized spacial score (nSPS) is 13.4. The van der Waals surface area contributed by atoms with Crippen molar-refractivity contribution in [1.82, 2.24) is 19.9 Å². The molecule has 0 aliphatic carbocycles. The SMILES string of the molecule is CC[C@H](C)C(=O)NCc1nnc2ccc(C(F)(F)F)cn12. The molecule has 0 radical (unpaired) electrons. The van der Waals surface area contributed by atoms with Gasteiger partial charge in [0.2, 0.25) is 5.91 Å². The van der Waals surface area contributed by atoms with Gasteiger partial charge in [-0.15, -0.1) is 10.2 Å². The van der Waals surface area contributed by atoms with Gasteiger partial charge in [-0.3, -0.25) is 9.20 Å². The highest BCUT2D eigenvalue weighted by Crippen LogP contribution is 2.29. The molecule has 0 fully saturated rings. The van der Waals surface area contributed by atoms with Gasteiger partial charge in [-0.1, -0.05) is 13.8 Å². The summed E-state index contributed by atoms with van der Waals surface area (Å²) in [5.74, 6) is -0.0658. The van der Waals surface area contributed by atoms with E-state index < -0.39 is 11.7 Å². The molecule has 2 aromatic rings. The molecule has 2 heterocycles. The molecule has 0 bridgehead atoms. The standard InChI is InChI=1S/C13H15F3N4O/c1-3-8(2)12(21)17-6-11-19-18-10-5-4-9(7-20(10)11)13(14,15)16/h4-5,7-8H,3,6H2,1-2H3,(H,17,21)/t8-/m0/s1. The largest absolute Gasteiger partial charge is 0.417 e. The zero-order valence-electron chi connectivity index (χ0n) is 11.6. The molecule has 0 aliphatic rings. The van der Waals surface area contributed by atoms with E-state index >= 15 is 0 Å². The number of rotatable bonds is 4. The summed E-state index contributed by atoms with van der Waals surface area (Å²) in [6, 6.07) is 2.20. The van der Waals surface area contributed by atoms with Crippen LogP contribution in [0.1, 0.15) is 31.7 Å². The van der Waals surface area contributed by atoms with Gasteiger partial charge in [0.05, 0.1) is 12.1 Å². The van der Waals surface area contributed by atoms with Crippen LogP contribution >= 0.6 is 0 Å². The van der Waals surface area contributed by atoms with Gasteiger partial charge in [-0.05, 0) is 18.6 Å². The number of carbonyl (C=O) groups excluding carboxylic acids is 1. The fourth-order valence-corrected chi connectivity index (χ4v) is 1.75. The Hall–Kier alpha value is -2.12. The van der Waals surface area contributed by atoms with E-state index in [0.29, 0.717) is 12.1 Å². The summed E-state index contributed by atoms with van der Waals surface area (Å²) in [6.07, 6.45) is -2.82. The molecule has 5 nitrogen and oxygen atoms in total. The lowest BCUT2D eigenvalue weighted by Crippen LogP contribution is -2.29. The summed E-state index contributed by atoms with van der Waals surface area (Å²) in [5, 5.41) is 10.2. The van der Waals surface area contributed by atoms with Crippen LogP contribution in [0.3, 0.4) is 0 Å². The molecule has 0 aliphatic heterocycles. The fraction of sp³-hybridized carbons (Fsp3) is 0.462. The third-order valence-electron chi connectivity index (χ3n) is 3.28. The van der Waals surface area contributed by atoms with Gasteiger partial charge in [0.1, 0.15) is 0 Å². The summed E-state index contributed by atoms with van der Waals surface area (Å²) in [7, 11) is 0. The van der Waals surface area contributed by atoms with Gasteiger partial charge in [-0.2, -0.15) is 13.2 Å². The average molecular weight is 300 g/mol. The van der Waals surface area contributed by atoms with Crippen LogP contribution in [-0.2, 0) is 17.5 Å². The molecule has 0 saturated carbocycles. The van der Waals surface area contributed by atoms with Gasteiger partial charge in [0, 0.05) is 12.1 Å². The van der Waals surface area contributed by atoms with Crippen LogP contribution in [0.2, 0.25) is 0 Å². The van der Waals surface area contributed by atoms with E-state index in [-0.39, 0.29) is 24.2 Å². The topological polar surface area (TPSA) is 59.3 Å². The van der Waals surface area contributed by atoms with Crippen LogP contribution in [0, 0.1) is 5.92 Å². The van der Waals surface area contributed by atoms with E-state index in [1.807, 2.05) is 6.92 Å². The Morgan fingerprint density at radius 3 is 2.71 bits per heavy atom. The quantitative estimate of drug-likeness (QED) is 0.943. The predicted molar refractivity (Wildman–Crippen MR) is 69.3 cm³/mol. The van der Waals surface area contributed by atoms with E-state index in [4.69, 9.17) is 0 Å². The van der Waals surface area contributed by atoms with Crippen molar-refractivity contribution in [3.8, 4) is 0 Å². The number of alkyl halides is 3. The molecule has 21 heavy (non-hydrogen) atoms. The molecule has 1 atom stereocenters. The maximum absolute atomic E-state index is 12.7. The van der Waals surface area contributed by atoms with Gasteiger partial charge in [0.25, 0.3) is 0 Å². The van der Waals surface area contributed by atoms with Crippen LogP contribution in [-0.4, -0.2) is 20.5 Å². The molecule has 8 heteroatoms. The lowest BCUT2D eigenvalue weighted by atomic mass is 10.1. The second-order valence-corrected chi connectivity index (χ2v) is 4.79. The maximum Gasteiger partial charge on any atom is 0.417 e.